The van der Waals surface area contributed by atoms with Crippen LogP contribution in [0.15, 0.2) is 50.7 Å². The van der Waals surface area contributed by atoms with Crippen LogP contribution in [-0.4, -0.2) is 19.3 Å². The van der Waals surface area contributed by atoms with Gasteiger partial charge < -0.3 is 13.7 Å². The number of hydrogen-bond acceptors (Lipinski definition) is 5. The summed E-state index contributed by atoms with van der Waals surface area (Å²) in [6, 6.07) is 5.82. The van der Waals surface area contributed by atoms with Crippen molar-refractivity contribution in [3.63, 3.8) is 0 Å². The van der Waals surface area contributed by atoms with Gasteiger partial charge in [-0.3, -0.25) is 4.79 Å². The van der Waals surface area contributed by atoms with Gasteiger partial charge in [0.15, 0.2) is 0 Å². The standard InChI is InChI=1S/C16H14N4O2S/c1-2-19-6-3-11-4-7-20(16(21)14(11)19)9-13-17-15(18-22-13)12-5-8-23-10-12/h3-8,10H,2,9H2,1H3. The van der Waals surface area contributed by atoms with Crippen LogP contribution in [-0.2, 0) is 13.1 Å². The molecular formula is C16H14N4O2S. The van der Waals surface area contributed by atoms with Gasteiger partial charge >= 0.3 is 0 Å². The highest BCUT2D eigenvalue weighted by atomic mass is 32.1. The van der Waals surface area contributed by atoms with Gasteiger partial charge in [-0.25, -0.2) is 0 Å². The summed E-state index contributed by atoms with van der Waals surface area (Å²) >= 11 is 1.58. The van der Waals surface area contributed by atoms with Gasteiger partial charge in [-0.05, 0) is 30.5 Å². The Morgan fingerprint density at radius 1 is 1.22 bits per heavy atom. The van der Waals surface area contributed by atoms with Crippen molar-refractivity contribution in [3.05, 3.63) is 57.6 Å². The Morgan fingerprint density at radius 3 is 2.78 bits per heavy atom. The molecule has 6 nitrogen and oxygen atoms in total. The molecule has 4 rings (SSSR count). The normalized spacial score (nSPS) is 11.3. The molecule has 0 bridgehead atoms. The fourth-order valence-electron chi connectivity index (χ4n) is 2.61. The van der Waals surface area contributed by atoms with Gasteiger partial charge in [0.25, 0.3) is 5.56 Å². The van der Waals surface area contributed by atoms with Crippen molar-refractivity contribution in [2.45, 2.75) is 20.0 Å². The first-order valence-corrected chi connectivity index (χ1v) is 8.24. The van der Waals surface area contributed by atoms with Crippen molar-refractivity contribution < 1.29 is 4.52 Å². The minimum absolute atomic E-state index is 0.0513. The van der Waals surface area contributed by atoms with Crippen molar-refractivity contribution in [2.24, 2.45) is 0 Å². The molecule has 0 atom stereocenters. The molecular weight excluding hydrogens is 312 g/mol. The number of thiophene rings is 1. The number of hydrogen-bond donors (Lipinski definition) is 0. The van der Waals surface area contributed by atoms with Crippen LogP contribution in [0, 0.1) is 0 Å². The van der Waals surface area contributed by atoms with Crippen LogP contribution in [0.4, 0.5) is 0 Å². The number of aryl methyl sites for hydroxylation is 1. The zero-order chi connectivity index (χ0) is 15.8. The first kappa shape index (κ1) is 14.0. The zero-order valence-corrected chi connectivity index (χ0v) is 13.3. The third kappa shape index (κ3) is 2.39. The Morgan fingerprint density at radius 2 is 2.04 bits per heavy atom. The number of rotatable bonds is 4. The Bertz CT molecular complexity index is 1010. The van der Waals surface area contributed by atoms with E-state index in [9.17, 15) is 4.79 Å². The van der Waals surface area contributed by atoms with Crippen molar-refractivity contribution in [1.29, 1.82) is 0 Å². The lowest BCUT2D eigenvalue weighted by atomic mass is 10.3. The lowest BCUT2D eigenvalue weighted by Gasteiger charge is -2.04. The fraction of sp³-hybridized carbons (Fsp3) is 0.188. The van der Waals surface area contributed by atoms with E-state index < -0.39 is 0 Å². The van der Waals surface area contributed by atoms with Gasteiger partial charge in [0.05, 0.1) is 0 Å². The molecule has 4 heterocycles. The van der Waals surface area contributed by atoms with E-state index in [0.717, 1.165) is 17.5 Å². The third-order valence-corrected chi connectivity index (χ3v) is 4.47. The molecule has 0 aliphatic rings. The molecule has 0 spiro atoms. The number of nitrogens with zero attached hydrogens (tertiary/aromatic N) is 4. The average molecular weight is 326 g/mol. The summed E-state index contributed by atoms with van der Waals surface area (Å²) < 4.78 is 8.81. The van der Waals surface area contributed by atoms with Crippen molar-refractivity contribution >= 4 is 22.2 Å². The summed E-state index contributed by atoms with van der Waals surface area (Å²) in [4.78, 5) is 17.0. The number of aromatic nitrogens is 4. The zero-order valence-electron chi connectivity index (χ0n) is 12.5. The van der Waals surface area contributed by atoms with Gasteiger partial charge in [-0.1, -0.05) is 5.16 Å². The lowest BCUT2D eigenvalue weighted by molar-refractivity contribution is 0.370. The van der Waals surface area contributed by atoms with E-state index in [1.807, 2.05) is 46.6 Å². The van der Waals surface area contributed by atoms with Crippen LogP contribution in [0.3, 0.4) is 0 Å². The summed E-state index contributed by atoms with van der Waals surface area (Å²) in [7, 11) is 0. The largest absolute Gasteiger partial charge is 0.343 e. The van der Waals surface area contributed by atoms with E-state index in [1.165, 1.54) is 0 Å². The maximum atomic E-state index is 12.7. The van der Waals surface area contributed by atoms with E-state index in [4.69, 9.17) is 4.52 Å². The van der Waals surface area contributed by atoms with Crippen LogP contribution < -0.4 is 5.56 Å². The monoisotopic (exact) mass is 326 g/mol. The molecule has 0 saturated carbocycles. The maximum Gasteiger partial charge on any atom is 0.275 e. The van der Waals surface area contributed by atoms with Crippen LogP contribution in [0.25, 0.3) is 22.3 Å². The molecule has 0 aliphatic carbocycles. The van der Waals surface area contributed by atoms with E-state index in [0.29, 0.717) is 17.2 Å². The highest BCUT2D eigenvalue weighted by molar-refractivity contribution is 7.08. The maximum absolute atomic E-state index is 12.7. The van der Waals surface area contributed by atoms with E-state index in [1.54, 1.807) is 22.1 Å². The molecule has 0 unspecified atom stereocenters. The first-order valence-electron chi connectivity index (χ1n) is 7.29. The molecule has 0 N–H and O–H groups in total. The number of pyridine rings is 1. The quantitative estimate of drug-likeness (QED) is 0.578. The highest BCUT2D eigenvalue weighted by Gasteiger charge is 2.12. The molecule has 0 radical (unpaired) electrons. The van der Waals surface area contributed by atoms with E-state index >= 15 is 0 Å². The summed E-state index contributed by atoms with van der Waals surface area (Å²) in [6.45, 7) is 3.04. The van der Waals surface area contributed by atoms with Crippen molar-refractivity contribution in [3.8, 4) is 11.4 Å². The molecule has 4 aromatic rings. The van der Waals surface area contributed by atoms with E-state index in [-0.39, 0.29) is 12.1 Å². The molecule has 4 aromatic heterocycles. The van der Waals surface area contributed by atoms with E-state index in [2.05, 4.69) is 10.1 Å². The second-order valence-electron chi connectivity index (χ2n) is 5.18. The molecule has 116 valence electrons. The van der Waals surface area contributed by atoms with Crippen LogP contribution in [0.1, 0.15) is 12.8 Å². The molecule has 0 aliphatic heterocycles. The first-order chi connectivity index (χ1) is 11.3. The van der Waals surface area contributed by atoms with Gasteiger partial charge in [-0.2, -0.15) is 16.3 Å². The number of fused-ring (bicyclic) bond motifs is 1. The third-order valence-electron chi connectivity index (χ3n) is 3.79. The fourth-order valence-corrected chi connectivity index (χ4v) is 3.24. The van der Waals surface area contributed by atoms with Crippen molar-refractivity contribution in [1.82, 2.24) is 19.3 Å². The molecule has 7 heteroatoms. The lowest BCUT2D eigenvalue weighted by Crippen LogP contribution is -2.22. The molecule has 23 heavy (non-hydrogen) atoms. The Labute approximate surface area is 135 Å². The minimum Gasteiger partial charge on any atom is -0.343 e. The summed E-state index contributed by atoms with van der Waals surface area (Å²) in [5, 5.41) is 8.83. The Hall–Kier alpha value is -2.67. The van der Waals surface area contributed by atoms with Crippen LogP contribution in [0.2, 0.25) is 0 Å². The highest BCUT2D eigenvalue weighted by Crippen LogP contribution is 2.19. The second-order valence-corrected chi connectivity index (χ2v) is 5.96. The minimum atomic E-state index is -0.0513. The van der Waals surface area contributed by atoms with Crippen LogP contribution >= 0.6 is 11.3 Å². The molecule has 0 fully saturated rings. The predicted octanol–water partition coefficient (Wildman–Crippen LogP) is 2.98. The van der Waals surface area contributed by atoms with Gasteiger partial charge in [0.2, 0.25) is 11.7 Å². The molecule has 0 amide bonds. The Kier molecular flexibility index (Phi) is 3.34. The SMILES string of the molecule is CCn1ccc2ccn(Cc3nc(-c4ccsc4)no3)c(=O)c21. The topological polar surface area (TPSA) is 65.8 Å². The summed E-state index contributed by atoms with van der Waals surface area (Å²) in [5.74, 6) is 0.967. The summed E-state index contributed by atoms with van der Waals surface area (Å²) in [5.41, 5.74) is 1.57. The second kappa shape index (κ2) is 5.51. The van der Waals surface area contributed by atoms with Gasteiger partial charge in [0, 0.05) is 35.3 Å². The average Bonchev–Trinajstić information content (AvgIpc) is 3.29. The summed E-state index contributed by atoms with van der Waals surface area (Å²) in [6.07, 6.45) is 3.69. The molecule has 0 aromatic carbocycles. The smallest absolute Gasteiger partial charge is 0.275 e. The van der Waals surface area contributed by atoms with Gasteiger partial charge in [-0.15, -0.1) is 0 Å². The Balaban J connectivity index is 1.70. The van der Waals surface area contributed by atoms with Crippen LogP contribution in [0.5, 0.6) is 0 Å². The predicted molar refractivity (Wildman–Crippen MR) is 88.6 cm³/mol. The molecule has 0 saturated heterocycles. The van der Waals surface area contributed by atoms with Crippen molar-refractivity contribution in [2.75, 3.05) is 0 Å². The van der Waals surface area contributed by atoms with Gasteiger partial charge in [0.1, 0.15) is 12.1 Å².